The molecule has 12 heteroatoms. The van der Waals surface area contributed by atoms with Crippen molar-refractivity contribution in [3.8, 4) is 5.75 Å². The average Bonchev–Trinajstić information content (AvgIpc) is 3.10. The Balaban J connectivity index is 1.73. The summed E-state index contributed by atoms with van der Waals surface area (Å²) in [7, 11) is -12.4. The molecule has 55 heavy (non-hydrogen) atoms. The van der Waals surface area contributed by atoms with Crippen LogP contribution in [0.15, 0.2) is 140 Å². The van der Waals surface area contributed by atoms with Gasteiger partial charge in [0, 0.05) is 20.8 Å². The summed E-state index contributed by atoms with van der Waals surface area (Å²) < 4.78 is 67.4. The zero-order valence-electron chi connectivity index (χ0n) is 32.9. The number of hydrogen-bond acceptors (Lipinski definition) is 8. The number of nitrogens with zero attached hydrogens (tertiary/aromatic N) is 1. The summed E-state index contributed by atoms with van der Waals surface area (Å²) in [6.45, 7) is 20.6. The van der Waals surface area contributed by atoms with Gasteiger partial charge in [-0.05, 0) is 111 Å². The molecule has 0 saturated carbocycles. The van der Waals surface area contributed by atoms with Crippen molar-refractivity contribution >= 4 is 36.2 Å². The Morgan fingerprint density at radius 1 is 0.491 bits per heavy atom. The van der Waals surface area contributed by atoms with Gasteiger partial charge >= 0.3 is 25.9 Å². The lowest BCUT2D eigenvalue weighted by molar-refractivity contribution is -0.385. The van der Waals surface area contributed by atoms with Crippen LogP contribution in [0.1, 0.15) is 84.6 Å². The molecule has 0 saturated heterocycles. The second-order valence-electron chi connectivity index (χ2n) is 16.6. The van der Waals surface area contributed by atoms with Crippen molar-refractivity contribution in [2.75, 3.05) is 0 Å². The van der Waals surface area contributed by atoms with Crippen molar-refractivity contribution in [2.24, 2.45) is 0 Å². The zero-order chi connectivity index (χ0) is 40.8. The van der Waals surface area contributed by atoms with E-state index < -0.39 is 51.8 Å². The Kier molecular flexibility index (Phi) is 11.3. The fourth-order valence-electron chi connectivity index (χ4n) is 5.88. The minimum absolute atomic E-state index is 0.193. The van der Waals surface area contributed by atoms with E-state index in [0.29, 0.717) is 14.7 Å². The lowest BCUT2D eigenvalue weighted by atomic mass is 9.87. The van der Waals surface area contributed by atoms with E-state index in [1.165, 1.54) is 12.1 Å². The van der Waals surface area contributed by atoms with Crippen LogP contribution in [0.2, 0.25) is 0 Å². The van der Waals surface area contributed by atoms with E-state index in [1.54, 1.807) is 19.1 Å². The lowest BCUT2D eigenvalue weighted by Gasteiger charge is -2.40. The van der Waals surface area contributed by atoms with Crippen LogP contribution in [0.3, 0.4) is 0 Å². The Morgan fingerprint density at radius 3 is 1.18 bits per heavy atom. The minimum Gasteiger partial charge on any atom is -0.372 e. The molecule has 0 fully saturated rings. The van der Waals surface area contributed by atoms with Crippen molar-refractivity contribution in [3.05, 3.63) is 148 Å². The molecule has 0 bridgehead atoms. The second kappa shape index (κ2) is 14.9. The van der Waals surface area contributed by atoms with Gasteiger partial charge in [-0.25, -0.2) is 3.63 Å². The van der Waals surface area contributed by atoms with E-state index in [2.05, 4.69) is 62.3 Å². The van der Waals surface area contributed by atoms with Crippen LogP contribution >= 0.6 is 10.3 Å². The summed E-state index contributed by atoms with van der Waals surface area (Å²) in [4.78, 5) is 12.5. The van der Waals surface area contributed by atoms with Gasteiger partial charge in [-0.1, -0.05) is 116 Å². The number of hydrogen-bond donors (Lipinski definition) is 0. The van der Waals surface area contributed by atoms with Gasteiger partial charge in [-0.15, -0.1) is 0 Å². The summed E-state index contributed by atoms with van der Waals surface area (Å²) in [5.41, 5.74) is 2.46. The Bertz CT molecular complexity index is 2260. The molecular formula is C43H49NO8S3. The van der Waals surface area contributed by atoms with E-state index in [1.807, 2.05) is 72.8 Å². The van der Waals surface area contributed by atoms with E-state index in [0.717, 1.165) is 40.5 Å². The SMILES string of the molecule is Cc1ccc(S(=O)(=O)Oc2ccc(S(=O)(=O)OS(c3ccc(C(C)(C)C)cc3)(c3ccc(C(C)(C)C)cc3)c3ccc(C(C)(C)C)cc3)cc2[N+](=O)[O-])cc1. The molecule has 5 aromatic rings. The van der Waals surface area contributed by atoms with Gasteiger partial charge in [-0.3, -0.25) is 10.1 Å². The van der Waals surface area contributed by atoms with Gasteiger partial charge < -0.3 is 4.18 Å². The molecule has 0 aromatic heterocycles. The first-order chi connectivity index (χ1) is 25.3. The second-order valence-corrected chi connectivity index (χ2v) is 22.6. The maximum atomic E-state index is 14.7. The highest BCUT2D eigenvalue weighted by atomic mass is 32.3. The van der Waals surface area contributed by atoms with Crippen molar-refractivity contribution in [1.82, 2.24) is 0 Å². The number of nitro groups is 1. The van der Waals surface area contributed by atoms with Crippen LogP contribution in [-0.2, 0) is 40.1 Å². The highest BCUT2D eigenvalue weighted by Gasteiger charge is 2.40. The number of aryl methyl sites for hydroxylation is 1. The molecule has 292 valence electrons. The predicted molar refractivity (Wildman–Crippen MR) is 218 cm³/mol. The van der Waals surface area contributed by atoms with Crippen LogP contribution in [-0.4, -0.2) is 21.8 Å². The molecule has 0 aliphatic rings. The molecule has 0 aliphatic heterocycles. The van der Waals surface area contributed by atoms with Crippen molar-refractivity contribution in [1.29, 1.82) is 0 Å². The van der Waals surface area contributed by atoms with Gasteiger partial charge in [-0.2, -0.15) is 16.8 Å². The van der Waals surface area contributed by atoms with Crippen LogP contribution in [0.5, 0.6) is 5.75 Å². The maximum absolute atomic E-state index is 14.7. The summed E-state index contributed by atoms with van der Waals surface area (Å²) in [6.07, 6.45) is 0. The highest BCUT2D eigenvalue weighted by Crippen LogP contribution is 2.70. The first-order valence-electron chi connectivity index (χ1n) is 17.8. The van der Waals surface area contributed by atoms with E-state index in [9.17, 15) is 26.9 Å². The Hall–Kier alpha value is -4.49. The van der Waals surface area contributed by atoms with Gasteiger partial charge in [0.1, 0.15) is 9.79 Å². The van der Waals surface area contributed by atoms with Gasteiger partial charge in [0.05, 0.1) is 4.92 Å². The summed E-state index contributed by atoms with van der Waals surface area (Å²) in [5, 5.41) is 12.4. The van der Waals surface area contributed by atoms with Crippen LogP contribution < -0.4 is 4.18 Å². The largest absolute Gasteiger partial charge is 0.372 e. The smallest absolute Gasteiger partial charge is 0.339 e. The maximum Gasteiger partial charge on any atom is 0.339 e. The molecule has 5 rings (SSSR count). The summed E-state index contributed by atoms with van der Waals surface area (Å²) in [6, 6.07) is 31.7. The molecule has 0 amide bonds. The van der Waals surface area contributed by atoms with E-state index in [-0.39, 0.29) is 21.1 Å². The van der Waals surface area contributed by atoms with Crippen molar-refractivity contribution in [2.45, 2.75) is 110 Å². The fourth-order valence-corrected chi connectivity index (χ4v) is 12.0. The molecule has 0 spiro atoms. The molecular weight excluding hydrogens is 755 g/mol. The first-order valence-corrected chi connectivity index (χ1v) is 22.1. The first kappa shape index (κ1) is 41.7. The number of rotatable bonds is 10. The average molecular weight is 804 g/mol. The number of nitro benzene ring substituents is 1. The van der Waals surface area contributed by atoms with E-state index in [4.69, 9.17) is 7.81 Å². The minimum atomic E-state index is -4.82. The van der Waals surface area contributed by atoms with Gasteiger partial charge in [0.25, 0.3) is 0 Å². The van der Waals surface area contributed by atoms with Crippen molar-refractivity contribution < 1.29 is 29.6 Å². The molecule has 0 N–H and O–H groups in total. The van der Waals surface area contributed by atoms with Crippen LogP contribution in [0.25, 0.3) is 0 Å². The third-order valence-electron chi connectivity index (χ3n) is 9.27. The summed E-state index contributed by atoms with van der Waals surface area (Å²) in [5.74, 6) is -0.642. The molecule has 5 aromatic carbocycles. The molecule has 0 heterocycles. The topological polar surface area (TPSA) is 130 Å². The Labute approximate surface area is 327 Å². The third-order valence-corrected chi connectivity index (χ3v) is 15.7. The number of benzene rings is 5. The molecule has 9 nitrogen and oxygen atoms in total. The lowest BCUT2D eigenvalue weighted by Crippen LogP contribution is -2.17. The molecule has 0 atom stereocenters. The van der Waals surface area contributed by atoms with Gasteiger partial charge in [0.15, 0.2) is 0 Å². The van der Waals surface area contributed by atoms with Gasteiger partial charge in [0.2, 0.25) is 5.75 Å². The molecule has 0 radical (unpaired) electrons. The molecule has 0 unspecified atom stereocenters. The zero-order valence-corrected chi connectivity index (χ0v) is 35.4. The predicted octanol–water partition coefficient (Wildman–Crippen LogP) is 11.2. The standard InChI is InChI=1S/C43H49NO8S3/c1-30-11-19-37(20-12-30)54(47,48)51-40-28-27-38(29-39(40)44(45)46)55(49,50)52-53(34-21-13-31(14-22-34)41(2,3)4,35-23-15-32(16-24-35)42(5,6)7)36-25-17-33(18-26-36)43(8,9)10/h11-29H,1-10H3. The normalized spacial score (nSPS) is 13.3. The van der Waals surface area contributed by atoms with Crippen LogP contribution in [0.4, 0.5) is 5.69 Å². The monoisotopic (exact) mass is 803 g/mol. The van der Waals surface area contributed by atoms with E-state index >= 15 is 0 Å². The fraction of sp³-hybridized carbons (Fsp3) is 0.302. The third kappa shape index (κ3) is 8.99. The highest BCUT2D eigenvalue weighted by molar-refractivity contribution is 8.33. The van der Waals surface area contributed by atoms with Crippen LogP contribution in [0, 0.1) is 17.0 Å². The summed E-state index contributed by atoms with van der Waals surface area (Å²) >= 11 is 0. The quantitative estimate of drug-likeness (QED) is 0.0775. The van der Waals surface area contributed by atoms with Crippen molar-refractivity contribution in [3.63, 3.8) is 0 Å². The Morgan fingerprint density at radius 2 is 0.836 bits per heavy atom. The molecule has 0 aliphatic carbocycles.